The summed E-state index contributed by atoms with van der Waals surface area (Å²) in [5, 5.41) is 11.5. The standard InChI is InChI=1S/C24H20N4O2S/c1-30-20-14-8-6-12-18(20)22-25-19-13-7-5-11-17(19)21-23(29)26-24(27-28(21)22)31-15-16-9-3-2-4-10-16/h2-14,22H,15H2,1H3,(H,26,27,29)/t22-/m0/s1. The van der Waals surface area contributed by atoms with Crippen LogP contribution in [0.1, 0.15) is 17.3 Å². The van der Waals surface area contributed by atoms with Crippen molar-refractivity contribution in [3.63, 3.8) is 0 Å². The molecule has 0 bridgehead atoms. The molecule has 7 heteroatoms. The first-order valence-corrected chi connectivity index (χ1v) is 10.9. The molecule has 0 unspecified atom stereocenters. The minimum Gasteiger partial charge on any atom is -0.496 e. The number of para-hydroxylation sites is 2. The van der Waals surface area contributed by atoms with Gasteiger partial charge in [0.1, 0.15) is 11.4 Å². The number of nitrogens with zero attached hydrogens (tertiary/aromatic N) is 3. The summed E-state index contributed by atoms with van der Waals surface area (Å²) in [6, 6.07) is 25.4. The Hall–Kier alpha value is -3.58. The van der Waals surface area contributed by atoms with Crippen LogP contribution < -0.4 is 20.6 Å². The molecule has 0 aliphatic carbocycles. The molecule has 2 aliphatic heterocycles. The number of benzene rings is 3. The van der Waals surface area contributed by atoms with E-state index in [0.29, 0.717) is 22.4 Å². The van der Waals surface area contributed by atoms with Gasteiger partial charge in [0, 0.05) is 16.5 Å². The van der Waals surface area contributed by atoms with E-state index in [9.17, 15) is 4.79 Å². The van der Waals surface area contributed by atoms with E-state index in [1.54, 1.807) is 12.1 Å². The lowest BCUT2D eigenvalue weighted by atomic mass is 10.1. The zero-order valence-corrected chi connectivity index (χ0v) is 17.7. The lowest BCUT2D eigenvalue weighted by molar-refractivity contribution is -0.116. The van der Waals surface area contributed by atoms with Gasteiger partial charge in [-0.15, -0.1) is 5.10 Å². The summed E-state index contributed by atoms with van der Waals surface area (Å²) in [4.78, 5) is 18.1. The fourth-order valence-corrected chi connectivity index (χ4v) is 4.51. The van der Waals surface area contributed by atoms with E-state index in [-0.39, 0.29) is 5.91 Å². The van der Waals surface area contributed by atoms with E-state index < -0.39 is 6.17 Å². The lowest BCUT2D eigenvalue weighted by Gasteiger charge is -2.34. The third kappa shape index (κ3) is 3.68. The minimum atomic E-state index is -0.501. The summed E-state index contributed by atoms with van der Waals surface area (Å²) in [5.41, 5.74) is 2.50. The Morgan fingerprint density at radius 2 is 1.74 bits per heavy atom. The van der Waals surface area contributed by atoms with Gasteiger partial charge in [0.15, 0.2) is 11.3 Å². The Morgan fingerprint density at radius 3 is 2.58 bits per heavy atom. The number of amidine groups is 1. The van der Waals surface area contributed by atoms with Crippen LogP contribution in [-0.2, 0) is 10.5 Å². The number of rotatable bonds is 4. The maximum absolute atomic E-state index is 13.2. The Labute approximate surface area is 184 Å². The Balaban J connectivity index is 1.60. The molecule has 0 saturated heterocycles. The molecule has 0 radical (unpaired) electrons. The molecule has 2 aliphatic rings. The summed E-state index contributed by atoms with van der Waals surface area (Å²) in [6.07, 6.45) is -0.501. The van der Waals surface area contributed by atoms with Gasteiger partial charge < -0.3 is 4.74 Å². The average Bonchev–Trinajstić information content (AvgIpc) is 2.82. The smallest absolute Gasteiger partial charge is 0.276 e. The molecule has 1 N–H and O–H groups in total. The van der Waals surface area contributed by atoms with Crippen LogP contribution in [0.25, 0.3) is 5.70 Å². The molecule has 0 spiro atoms. The highest BCUT2D eigenvalue weighted by atomic mass is 32.2. The van der Waals surface area contributed by atoms with Gasteiger partial charge in [-0.05, 0) is 17.7 Å². The molecule has 0 aromatic heterocycles. The van der Waals surface area contributed by atoms with Crippen molar-refractivity contribution < 1.29 is 9.53 Å². The number of amides is 1. The molecular weight excluding hydrogens is 408 g/mol. The van der Waals surface area contributed by atoms with Crippen LogP contribution in [0.3, 0.4) is 0 Å². The second kappa shape index (κ2) is 8.28. The predicted molar refractivity (Wildman–Crippen MR) is 122 cm³/mol. The normalized spacial score (nSPS) is 17.1. The molecule has 3 aromatic rings. The number of ether oxygens (including phenoxy) is 1. The largest absolute Gasteiger partial charge is 0.496 e. The van der Waals surface area contributed by atoms with Gasteiger partial charge in [0.2, 0.25) is 0 Å². The summed E-state index contributed by atoms with van der Waals surface area (Å²) in [5.74, 6) is 1.22. The van der Waals surface area contributed by atoms with E-state index in [2.05, 4.69) is 17.4 Å². The maximum atomic E-state index is 13.2. The van der Waals surface area contributed by atoms with Crippen molar-refractivity contribution in [2.24, 2.45) is 10.1 Å². The Kier molecular flexibility index (Phi) is 5.18. The van der Waals surface area contributed by atoms with Gasteiger partial charge in [0.25, 0.3) is 5.91 Å². The van der Waals surface area contributed by atoms with Gasteiger partial charge in [-0.1, -0.05) is 78.5 Å². The summed E-state index contributed by atoms with van der Waals surface area (Å²) in [7, 11) is 1.63. The summed E-state index contributed by atoms with van der Waals surface area (Å²) < 4.78 is 5.58. The number of hydrogen-bond donors (Lipinski definition) is 1. The zero-order chi connectivity index (χ0) is 21.2. The molecule has 0 saturated carbocycles. The zero-order valence-electron chi connectivity index (χ0n) is 16.9. The van der Waals surface area contributed by atoms with Crippen LogP contribution in [-0.4, -0.2) is 23.2 Å². The first-order chi connectivity index (χ1) is 15.2. The quantitative estimate of drug-likeness (QED) is 0.694. The summed E-state index contributed by atoms with van der Waals surface area (Å²) in [6.45, 7) is 0. The van der Waals surface area contributed by atoms with E-state index in [1.165, 1.54) is 11.8 Å². The van der Waals surface area contributed by atoms with Crippen molar-refractivity contribution in [3.8, 4) is 5.75 Å². The molecule has 6 nitrogen and oxygen atoms in total. The molecule has 31 heavy (non-hydrogen) atoms. The van der Waals surface area contributed by atoms with Gasteiger partial charge in [-0.2, -0.15) is 0 Å². The highest BCUT2D eigenvalue weighted by Gasteiger charge is 2.35. The fraction of sp³-hybridized carbons (Fsp3) is 0.125. The molecular formula is C24H20N4O2S. The fourth-order valence-electron chi connectivity index (χ4n) is 3.70. The molecule has 0 fully saturated rings. The third-order valence-electron chi connectivity index (χ3n) is 5.15. The highest BCUT2D eigenvalue weighted by Crippen LogP contribution is 2.35. The van der Waals surface area contributed by atoms with Crippen molar-refractivity contribution in [2.75, 3.05) is 7.11 Å². The van der Waals surface area contributed by atoms with E-state index >= 15 is 0 Å². The van der Waals surface area contributed by atoms with Gasteiger partial charge in [-0.25, -0.2) is 5.01 Å². The van der Waals surface area contributed by atoms with Crippen LogP contribution >= 0.6 is 11.8 Å². The maximum Gasteiger partial charge on any atom is 0.276 e. The highest BCUT2D eigenvalue weighted by molar-refractivity contribution is 8.13. The van der Waals surface area contributed by atoms with Gasteiger partial charge in [0.05, 0.1) is 12.5 Å². The topological polar surface area (TPSA) is 66.3 Å². The molecule has 154 valence electrons. The first kappa shape index (κ1) is 19.4. The van der Waals surface area contributed by atoms with Gasteiger partial charge >= 0.3 is 0 Å². The van der Waals surface area contributed by atoms with Crippen LogP contribution in [0.15, 0.2) is 89.0 Å². The van der Waals surface area contributed by atoms with Crippen LogP contribution in [0, 0.1) is 0 Å². The number of methoxy groups -OCH3 is 1. The van der Waals surface area contributed by atoms with Gasteiger partial charge in [-0.3, -0.25) is 15.1 Å². The second-order valence-electron chi connectivity index (χ2n) is 7.09. The van der Waals surface area contributed by atoms with E-state index in [4.69, 9.17) is 14.8 Å². The minimum absolute atomic E-state index is 0.187. The molecule has 1 atom stereocenters. The Morgan fingerprint density at radius 1 is 1.00 bits per heavy atom. The monoisotopic (exact) mass is 428 g/mol. The van der Waals surface area contributed by atoms with Crippen molar-refractivity contribution in [2.45, 2.75) is 11.9 Å². The number of nitrogens with one attached hydrogen (secondary N) is 1. The number of hydrazone groups is 1. The first-order valence-electron chi connectivity index (χ1n) is 9.90. The van der Waals surface area contributed by atoms with Crippen molar-refractivity contribution in [1.82, 2.24) is 10.3 Å². The van der Waals surface area contributed by atoms with Crippen LogP contribution in [0.2, 0.25) is 0 Å². The second-order valence-corrected chi connectivity index (χ2v) is 8.05. The lowest BCUT2D eigenvalue weighted by Crippen LogP contribution is -2.50. The summed E-state index contributed by atoms with van der Waals surface area (Å²) >= 11 is 1.49. The average molecular weight is 429 g/mol. The number of carbonyl (C=O) groups excluding carboxylic acids is 1. The van der Waals surface area contributed by atoms with E-state index in [0.717, 1.165) is 21.7 Å². The molecule has 2 heterocycles. The number of hydrogen-bond acceptors (Lipinski definition) is 6. The molecule has 5 rings (SSSR count). The molecule has 3 aromatic carbocycles. The van der Waals surface area contributed by atoms with Crippen molar-refractivity contribution >= 4 is 28.5 Å². The van der Waals surface area contributed by atoms with Crippen molar-refractivity contribution in [3.05, 3.63) is 101 Å². The van der Waals surface area contributed by atoms with Crippen LogP contribution in [0.5, 0.6) is 5.75 Å². The van der Waals surface area contributed by atoms with E-state index in [1.807, 2.05) is 66.7 Å². The number of fused-ring (bicyclic) bond motifs is 2. The predicted octanol–water partition coefficient (Wildman–Crippen LogP) is 2.77. The molecule has 1 amide bonds. The van der Waals surface area contributed by atoms with Crippen LogP contribution in [0.4, 0.5) is 0 Å². The SMILES string of the molecule is COc1ccccc1[C@H]1N=c2ccccc2=C2C(=O)NC(SCc3ccccc3)=NN21. The van der Waals surface area contributed by atoms with Crippen molar-refractivity contribution in [1.29, 1.82) is 0 Å². The third-order valence-corrected chi connectivity index (χ3v) is 6.09. The number of carbonyl (C=O) groups is 1. The Bertz CT molecular complexity index is 1290. The number of thioether (sulfide) groups is 1.